The number of methoxy groups -OCH3 is 2. The smallest absolute Gasteiger partial charge is 0.275 e. The average Bonchev–Trinajstić information content (AvgIpc) is 2.83. The van der Waals surface area contributed by atoms with E-state index in [9.17, 15) is 14.9 Å². The first kappa shape index (κ1) is 23.3. The summed E-state index contributed by atoms with van der Waals surface area (Å²) in [5.74, 6) is 1.06. The van der Waals surface area contributed by atoms with Crippen molar-refractivity contribution >= 4 is 17.8 Å². The number of nitro groups is 1. The van der Waals surface area contributed by atoms with E-state index in [1.54, 1.807) is 42.5 Å². The predicted octanol–water partition coefficient (Wildman–Crippen LogP) is 4.26. The summed E-state index contributed by atoms with van der Waals surface area (Å²) in [7, 11) is 3.02. The van der Waals surface area contributed by atoms with Crippen LogP contribution in [0.25, 0.3) is 0 Å². The van der Waals surface area contributed by atoms with Crippen molar-refractivity contribution in [2.75, 3.05) is 14.2 Å². The molecule has 0 fully saturated rings. The molecular formula is C24H23N3O6. The monoisotopic (exact) mass is 449 g/mol. The maximum absolute atomic E-state index is 12.4. The third kappa shape index (κ3) is 6.07. The molecule has 0 radical (unpaired) electrons. The topological polar surface area (TPSA) is 112 Å². The second-order valence-corrected chi connectivity index (χ2v) is 7.03. The van der Waals surface area contributed by atoms with Crippen molar-refractivity contribution in [2.45, 2.75) is 13.5 Å². The second kappa shape index (κ2) is 10.8. The fourth-order valence-electron chi connectivity index (χ4n) is 2.97. The van der Waals surface area contributed by atoms with E-state index in [1.165, 1.54) is 32.6 Å². The molecule has 170 valence electrons. The lowest BCUT2D eigenvalue weighted by molar-refractivity contribution is -0.384. The van der Waals surface area contributed by atoms with E-state index < -0.39 is 10.8 Å². The van der Waals surface area contributed by atoms with Gasteiger partial charge in [0.1, 0.15) is 12.4 Å². The number of carbonyl (C=O) groups is 1. The van der Waals surface area contributed by atoms with Crippen molar-refractivity contribution in [1.29, 1.82) is 0 Å². The molecule has 33 heavy (non-hydrogen) atoms. The van der Waals surface area contributed by atoms with Crippen molar-refractivity contribution in [2.24, 2.45) is 5.10 Å². The Kier molecular flexibility index (Phi) is 7.59. The van der Waals surface area contributed by atoms with Gasteiger partial charge in [-0.3, -0.25) is 14.9 Å². The van der Waals surface area contributed by atoms with Crippen molar-refractivity contribution in [3.63, 3.8) is 0 Å². The average molecular weight is 449 g/mol. The number of nitro benzene ring substituents is 1. The molecule has 0 unspecified atom stereocenters. The Balaban J connectivity index is 1.63. The minimum absolute atomic E-state index is 0.0212. The number of benzene rings is 3. The van der Waals surface area contributed by atoms with Crippen LogP contribution in [0.4, 0.5) is 5.69 Å². The van der Waals surface area contributed by atoms with E-state index in [2.05, 4.69) is 10.5 Å². The minimum atomic E-state index is -0.451. The molecule has 9 heteroatoms. The van der Waals surface area contributed by atoms with Crippen LogP contribution in [-0.2, 0) is 6.61 Å². The van der Waals surface area contributed by atoms with Crippen LogP contribution in [0.2, 0.25) is 0 Å². The number of amides is 1. The first-order valence-corrected chi connectivity index (χ1v) is 9.93. The fraction of sp³-hybridized carbons (Fsp3) is 0.167. The predicted molar refractivity (Wildman–Crippen MR) is 123 cm³/mol. The lowest BCUT2D eigenvalue weighted by atomic mass is 10.1. The molecule has 3 aromatic rings. The number of hydrogen-bond donors (Lipinski definition) is 1. The largest absolute Gasteiger partial charge is 0.496 e. The molecule has 1 N–H and O–H groups in total. The van der Waals surface area contributed by atoms with Crippen LogP contribution >= 0.6 is 0 Å². The van der Waals surface area contributed by atoms with Crippen LogP contribution in [0.3, 0.4) is 0 Å². The summed E-state index contributed by atoms with van der Waals surface area (Å²) in [6, 6.07) is 16.6. The molecule has 0 saturated carbocycles. The Morgan fingerprint density at radius 2 is 1.73 bits per heavy atom. The zero-order chi connectivity index (χ0) is 23.8. The quantitative estimate of drug-likeness (QED) is 0.297. The first-order valence-electron chi connectivity index (χ1n) is 9.93. The maximum Gasteiger partial charge on any atom is 0.275 e. The molecule has 1 amide bonds. The van der Waals surface area contributed by atoms with Gasteiger partial charge in [-0.15, -0.1) is 0 Å². The lowest BCUT2D eigenvalue weighted by Gasteiger charge is -2.11. The Morgan fingerprint density at radius 1 is 1.00 bits per heavy atom. The number of hydrazone groups is 1. The van der Waals surface area contributed by atoms with Crippen LogP contribution in [0, 0.1) is 17.0 Å². The Labute approximate surface area is 190 Å². The summed E-state index contributed by atoms with van der Waals surface area (Å²) < 4.78 is 16.4. The number of rotatable bonds is 9. The van der Waals surface area contributed by atoms with Crippen molar-refractivity contribution in [3.05, 3.63) is 93.0 Å². The van der Waals surface area contributed by atoms with Crippen LogP contribution in [0.15, 0.2) is 65.8 Å². The first-order chi connectivity index (χ1) is 15.9. The van der Waals surface area contributed by atoms with Gasteiger partial charge in [-0.05, 0) is 66.1 Å². The van der Waals surface area contributed by atoms with E-state index >= 15 is 0 Å². The van der Waals surface area contributed by atoms with Crippen LogP contribution in [-0.4, -0.2) is 31.3 Å². The number of ether oxygens (including phenoxy) is 3. The van der Waals surface area contributed by atoms with Gasteiger partial charge < -0.3 is 14.2 Å². The van der Waals surface area contributed by atoms with Gasteiger partial charge in [0.2, 0.25) is 0 Å². The molecule has 0 aliphatic rings. The number of hydrogen-bond acceptors (Lipinski definition) is 7. The molecule has 9 nitrogen and oxygen atoms in total. The molecule has 0 spiro atoms. The fourth-order valence-corrected chi connectivity index (χ4v) is 2.97. The SMILES string of the molecule is COc1cc(/C=N\NC(=O)c2ccc(C)cc2OC)ccc1OCc1ccc([N+](=O)[O-])cc1. The normalized spacial score (nSPS) is 10.6. The van der Waals surface area contributed by atoms with Gasteiger partial charge in [-0.25, -0.2) is 5.43 Å². The molecule has 0 aliphatic carbocycles. The maximum atomic E-state index is 12.4. The molecule has 0 heterocycles. The molecule has 0 bridgehead atoms. The highest BCUT2D eigenvalue weighted by Gasteiger charge is 2.12. The number of nitrogens with zero attached hydrogens (tertiary/aromatic N) is 2. The number of nitrogens with one attached hydrogen (secondary N) is 1. The highest BCUT2D eigenvalue weighted by molar-refractivity contribution is 5.97. The standard InChI is InChI=1S/C24H23N3O6/c1-16-4-10-20(22(12-16)31-2)24(28)26-25-14-18-7-11-21(23(13-18)32-3)33-15-17-5-8-19(9-6-17)27(29)30/h4-14H,15H2,1-3H3,(H,26,28)/b25-14-. The van der Waals surface area contributed by atoms with Crippen molar-refractivity contribution in [3.8, 4) is 17.2 Å². The number of aryl methyl sites for hydroxylation is 1. The molecule has 0 aromatic heterocycles. The van der Waals surface area contributed by atoms with Crippen molar-refractivity contribution < 1.29 is 23.9 Å². The Morgan fingerprint density at radius 3 is 2.39 bits per heavy atom. The van der Waals surface area contributed by atoms with E-state index in [-0.39, 0.29) is 12.3 Å². The van der Waals surface area contributed by atoms with E-state index in [4.69, 9.17) is 14.2 Å². The molecule has 3 rings (SSSR count). The van der Waals surface area contributed by atoms with E-state index in [0.717, 1.165) is 11.1 Å². The third-order valence-corrected chi connectivity index (χ3v) is 4.71. The van der Waals surface area contributed by atoms with E-state index in [1.807, 2.05) is 13.0 Å². The summed E-state index contributed by atoms with van der Waals surface area (Å²) in [4.78, 5) is 22.7. The highest BCUT2D eigenvalue weighted by Crippen LogP contribution is 2.28. The van der Waals surface area contributed by atoms with Gasteiger partial charge in [0.15, 0.2) is 11.5 Å². The van der Waals surface area contributed by atoms with Gasteiger partial charge in [-0.2, -0.15) is 5.10 Å². The number of carbonyl (C=O) groups excluding carboxylic acids is 1. The summed E-state index contributed by atoms with van der Waals surface area (Å²) in [6.07, 6.45) is 1.49. The van der Waals surface area contributed by atoms with Gasteiger partial charge >= 0.3 is 0 Å². The van der Waals surface area contributed by atoms with Gasteiger partial charge in [0.25, 0.3) is 11.6 Å². The van der Waals surface area contributed by atoms with Gasteiger partial charge in [0.05, 0.1) is 30.9 Å². The zero-order valence-electron chi connectivity index (χ0n) is 18.4. The number of non-ortho nitro benzene ring substituents is 1. The van der Waals surface area contributed by atoms with Gasteiger partial charge in [-0.1, -0.05) is 6.07 Å². The summed E-state index contributed by atoms with van der Waals surface area (Å²) in [5.41, 5.74) is 5.33. The zero-order valence-corrected chi connectivity index (χ0v) is 18.4. The Bertz CT molecular complexity index is 1180. The summed E-state index contributed by atoms with van der Waals surface area (Å²) in [6.45, 7) is 2.13. The minimum Gasteiger partial charge on any atom is -0.496 e. The highest BCUT2D eigenvalue weighted by atomic mass is 16.6. The van der Waals surface area contributed by atoms with Crippen molar-refractivity contribution in [1.82, 2.24) is 5.43 Å². The molecule has 0 aliphatic heterocycles. The molecule has 0 saturated heterocycles. The van der Waals surface area contributed by atoms with Crippen LogP contribution in [0.5, 0.6) is 17.2 Å². The molecule has 0 atom stereocenters. The van der Waals surface area contributed by atoms with Crippen LogP contribution < -0.4 is 19.6 Å². The van der Waals surface area contributed by atoms with Crippen LogP contribution in [0.1, 0.15) is 27.0 Å². The van der Waals surface area contributed by atoms with Gasteiger partial charge in [0, 0.05) is 12.1 Å². The lowest BCUT2D eigenvalue weighted by Crippen LogP contribution is -2.18. The summed E-state index contributed by atoms with van der Waals surface area (Å²) >= 11 is 0. The molecule has 3 aromatic carbocycles. The summed E-state index contributed by atoms with van der Waals surface area (Å²) in [5, 5.41) is 14.8. The second-order valence-electron chi connectivity index (χ2n) is 7.03. The third-order valence-electron chi connectivity index (χ3n) is 4.71. The van der Waals surface area contributed by atoms with E-state index in [0.29, 0.717) is 28.4 Å². The molecular weight excluding hydrogens is 426 g/mol. The Hall–Kier alpha value is -4.40.